The van der Waals surface area contributed by atoms with Crippen molar-refractivity contribution in [1.29, 1.82) is 0 Å². The molecule has 0 aromatic rings. The number of carboxylic acids is 1. The molecule has 0 bridgehead atoms. The van der Waals surface area contributed by atoms with E-state index >= 15 is 0 Å². The predicted molar refractivity (Wildman–Crippen MR) is 36.3 cm³/mol. The topological polar surface area (TPSA) is 69.9 Å². The molecule has 0 aromatic heterocycles. The average molecular weight is 145 g/mol. The minimum atomic E-state index is -1.19. The first-order valence-corrected chi connectivity index (χ1v) is 2.85. The van der Waals surface area contributed by atoms with Crippen molar-refractivity contribution in [1.82, 2.24) is 0 Å². The van der Waals surface area contributed by atoms with Gasteiger partial charge in [-0.05, 0) is 0 Å². The minimum absolute atomic E-state index is 0.229. The van der Waals surface area contributed by atoms with Gasteiger partial charge in [0.1, 0.15) is 0 Å². The number of nitrogens with zero attached hydrogens (tertiary/aromatic N) is 1. The van der Waals surface area contributed by atoms with Crippen LogP contribution in [-0.2, 0) is 4.79 Å². The van der Waals surface area contributed by atoms with Crippen molar-refractivity contribution in [2.45, 2.75) is 20.8 Å². The Morgan fingerprint density at radius 3 is 1.80 bits per heavy atom. The second-order valence-electron chi connectivity index (χ2n) is 3.00. The van der Waals surface area contributed by atoms with Gasteiger partial charge in [0.05, 0.1) is 0 Å². The molecule has 0 amide bonds. The van der Waals surface area contributed by atoms with Gasteiger partial charge in [0.2, 0.25) is 0 Å². The van der Waals surface area contributed by atoms with Crippen LogP contribution >= 0.6 is 0 Å². The van der Waals surface area contributed by atoms with Crippen LogP contribution < -0.4 is 0 Å². The summed E-state index contributed by atoms with van der Waals surface area (Å²) in [5, 5.41) is 19.3. The summed E-state index contributed by atoms with van der Waals surface area (Å²) in [4.78, 5) is 10.3. The van der Waals surface area contributed by atoms with Crippen molar-refractivity contribution >= 4 is 11.7 Å². The van der Waals surface area contributed by atoms with E-state index in [1.807, 2.05) is 0 Å². The van der Waals surface area contributed by atoms with Crippen LogP contribution in [0.3, 0.4) is 0 Å². The molecule has 0 aliphatic rings. The number of carboxylic acid groups (broad SMARTS) is 1. The van der Waals surface area contributed by atoms with Gasteiger partial charge >= 0.3 is 5.97 Å². The third-order valence-corrected chi connectivity index (χ3v) is 1.01. The maximum Gasteiger partial charge on any atom is 0.354 e. The molecule has 10 heavy (non-hydrogen) atoms. The maximum absolute atomic E-state index is 10.3. The number of oxime groups is 1. The maximum atomic E-state index is 10.3. The fraction of sp³-hybridized carbons (Fsp3) is 0.667. The molecule has 0 atom stereocenters. The van der Waals surface area contributed by atoms with Gasteiger partial charge < -0.3 is 10.3 Å². The molecule has 0 fully saturated rings. The summed E-state index contributed by atoms with van der Waals surface area (Å²) in [6.07, 6.45) is 0. The summed E-state index contributed by atoms with van der Waals surface area (Å²) in [6, 6.07) is 0. The quantitative estimate of drug-likeness (QED) is 0.328. The fourth-order valence-electron chi connectivity index (χ4n) is 0.514. The summed E-state index contributed by atoms with van der Waals surface area (Å²) >= 11 is 0. The van der Waals surface area contributed by atoms with Crippen molar-refractivity contribution in [2.75, 3.05) is 0 Å². The lowest BCUT2D eigenvalue weighted by Crippen LogP contribution is -2.28. The van der Waals surface area contributed by atoms with E-state index in [0.29, 0.717) is 0 Å². The highest BCUT2D eigenvalue weighted by Gasteiger charge is 2.25. The first-order chi connectivity index (χ1) is 4.39. The average Bonchev–Trinajstić information content (AvgIpc) is 1.60. The number of hydrogen-bond donors (Lipinski definition) is 2. The van der Waals surface area contributed by atoms with E-state index in [1.165, 1.54) is 0 Å². The van der Waals surface area contributed by atoms with E-state index in [1.54, 1.807) is 20.8 Å². The standard InChI is InChI=1S/C6H11NO3/c1-6(2,3)4(7-10)5(8)9/h10H,1-3H3,(H,8,9)/b7-4-. The molecule has 58 valence electrons. The van der Waals surface area contributed by atoms with Crippen LogP contribution in [0.2, 0.25) is 0 Å². The predicted octanol–water partition coefficient (Wildman–Crippen LogP) is 0.947. The van der Waals surface area contributed by atoms with Crippen LogP contribution in [0.4, 0.5) is 0 Å². The molecule has 0 unspecified atom stereocenters. The second kappa shape index (κ2) is 2.68. The highest BCUT2D eigenvalue weighted by Crippen LogP contribution is 2.15. The van der Waals surface area contributed by atoms with Gasteiger partial charge in [-0.1, -0.05) is 25.9 Å². The molecule has 4 nitrogen and oxygen atoms in total. The van der Waals surface area contributed by atoms with E-state index in [0.717, 1.165) is 0 Å². The van der Waals surface area contributed by atoms with Crippen molar-refractivity contribution in [3.8, 4) is 0 Å². The third kappa shape index (κ3) is 2.05. The van der Waals surface area contributed by atoms with Crippen LogP contribution in [0, 0.1) is 5.41 Å². The fourth-order valence-corrected chi connectivity index (χ4v) is 0.514. The first-order valence-electron chi connectivity index (χ1n) is 2.85. The largest absolute Gasteiger partial charge is 0.477 e. The van der Waals surface area contributed by atoms with E-state index in [9.17, 15) is 4.79 Å². The molecule has 0 radical (unpaired) electrons. The zero-order valence-corrected chi connectivity index (χ0v) is 6.25. The Balaban J connectivity index is 4.56. The summed E-state index contributed by atoms with van der Waals surface area (Å²) in [5.74, 6) is -1.19. The molecule has 0 aliphatic carbocycles. The van der Waals surface area contributed by atoms with Crippen molar-refractivity contribution in [2.24, 2.45) is 10.6 Å². The van der Waals surface area contributed by atoms with Gasteiger partial charge in [-0.25, -0.2) is 4.79 Å². The van der Waals surface area contributed by atoms with E-state index in [2.05, 4.69) is 5.16 Å². The zero-order valence-electron chi connectivity index (χ0n) is 6.25. The first kappa shape index (κ1) is 8.94. The van der Waals surface area contributed by atoms with Crippen LogP contribution in [0.15, 0.2) is 5.16 Å². The molecule has 0 heterocycles. The lowest BCUT2D eigenvalue weighted by atomic mass is 9.90. The monoisotopic (exact) mass is 145 g/mol. The Bertz CT molecular complexity index is 166. The molecule has 0 saturated heterocycles. The van der Waals surface area contributed by atoms with Gasteiger partial charge in [-0.2, -0.15) is 0 Å². The van der Waals surface area contributed by atoms with Crippen LogP contribution in [0.25, 0.3) is 0 Å². The van der Waals surface area contributed by atoms with Crippen molar-refractivity contribution in [3.05, 3.63) is 0 Å². The Morgan fingerprint density at radius 1 is 1.40 bits per heavy atom. The van der Waals surface area contributed by atoms with Crippen LogP contribution in [0.5, 0.6) is 0 Å². The summed E-state index contributed by atoms with van der Waals surface area (Å²) in [7, 11) is 0. The van der Waals surface area contributed by atoms with E-state index in [-0.39, 0.29) is 5.71 Å². The minimum Gasteiger partial charge on any atom is -0.477 e. The normalized spacial score (nSPS) is 13.3. The highest BCUT2D eigenvalue weighted by molar-refractivity contribution is 6.37. The molecular formula is C6H11NO3. The summed E-state index contributed by atoms with van der Waals surface area (Å²) < 4.78 is 0. The smallest absolute Gasteiger partial charge is 0.354 e. The van der Waals surface area contributed by atoms with Crippen molar-refractivity contribution < 1.29 is 15.1 Å². The number of hydrogen-bond acceptors (Lipinski definition) is 3. The molecule has 2 N–H and O–H groups in total. The molecule has 0 saturated carbocycles. The summed E-state index contributed by atoms with van der Waals surface area (Å²) in [5.41, 5.74) is -0.840. The van der Waals surface area contributed by atoms with Gasteiger partial charge in [-0.15, -0.1) is 0 Å². The third-order valence-electron chi connectivity index (χ3n) is 1.01. The molecule has 0 aromatic carbocycles. The lowest BCUT2D eigenvalue weighted by Gasteiger charge is -2.15. The second-order valence-corrected chi connectivity index (χ2v) is 3.00. The van der Waals surface area contributed by atoms with Gasteiger partial charge in [0.25, 0.3) is 0 Å². The zero-order chi connectivity index (χ0) is 8.36. The molecular weight excluding hydrogens is 134 g/mol. The SMILES string of the molecule is CC(C)(C)/C(=N\O)C(=O)O. The lowest BCUT2D eigenvalue weighted by molar-refractivity contribution is -0.130. The van der Waals surface area contributed by atoms with Crippen LogP contribution in [-0.4, -0.2) is 22.0 Å². The number of rotatable bonds is 1. The Labute approximate surface area is 59.2 Å². The molecule has 0 rings (SSSR count). The molecule has 0 aliphatic heterocycles. The van der Waals surface area contributed by atoms with Crippen LogP contribution in [0.1, 0.15) is 20.8 Å². The Hall–Kier alpha value is -1.06. The van der Waals surface area contributed by atoms with E-state index in [4.69, 9.17) is 10.3 Å². The van der Waals surface area contributed by atoms with Gasteiger partial charge in [0.15, 0.2) is 5.71 Å². The Morgan fingerprint density at radius 2 is 1.80 bits per heavy atom. The van der Waals surface area contributed by atoms with Crippen molar-refractivity contribution in [3.63, 3.8) is 0 Å². The van der Waals surface area contributed by atoms with E-state index < -0.39 is 11.4 Å². The molecule has 4 heteroatoms. The molecule has 0 spiro atoms. The highest BCUT2D eigenvalue weighted by atomic mass is 16.4. The van der Waals surface area contributed by atoms with Gasteiger partial charge in [-0.3, -0.25) is 0 Å². The van der Waals surface area contributed by atoms with Gasteiger partial charge in [0, 0.05) is 5.41 Å². The Kier molecular flexibility index (Phi) is 2.40. The number of aliphatic carboxylic acids is 1. The summed E-state index contributed by atoms with van der Waals surface area (Å²) in [6.45, 7) is 4.99. The number of carbonyl (C=O) groups is 1.